The van der Waals surface area contributed by atoms with Crippen LogP contribution in [0, 0.1) is 7.43 Å². The summed E-state index contributed by atoms with van der Waals surface area (Å²) in [5.74, 6) is 0. The standard InChI is InChI=1S/C2H6S.C/c1-3-2;/h1-2H3;. The largest absolute Gasteiger partial charge is 0.169 e. The fourth-order valence-electron chi connectivity index (χ4n) is 0. The second-order valence-corrected chi connectivity index (χ2v) is 1.22. The molecule has 0 amide bonds. The first-order chi connectivity index (χ1) is 1.41. The van der Waals surface area contributed by atoms with Gasteiger partial charge in [-0.25, -0.2) is 0 Å². The molecule has 0 saturated heterocycles. The molecule has 24 valence electrons. The molecule has 0 spiro atoms. The number of hydrogen-bond donors (Lipinski definition) is 0. The first kappa shape index (κ1) is 8.84. The van der Waals surface area contributed by atoms with Crippen molar-refractivity contribution in [2.24, 2.45) is 0 Å². The normalized spacial score (nSPS) is 4.50. The van der Waals surface area contributed by atoms with Gasteiger partial charge in [0.05, 0.1) is 0 Å². The van der Waals surface area contributed by atoms with Crippen LogP contribution < -0.4 is 0 Å². The first-order valence-electron chi connectivity index (χ1n) is 0.816. The van der Waals surface area contributed by atoms with Crippen molar-refractivity contribution in [1.82, 2.24) is 0 Å². The van der Waals surface area contributed by atoms with Crippen LogP contribution in [-0.2, 0) is 0 Å². The van der Waals surface area contributed by atoms with Crippen molar-refractivity contribution in [3.8, 4) is 0 Å². The van der Waals surface area contributed by atoms with Crippen molar-refractivity contribution in [2.45, 2.75) is 0 Å². The van der Waals surface area contributed by atoms with Gasteiger partial charge in [-0.05, 0) is 12.5 Å². The Morgan fingerprint density at radius 2 is 1.25 bits per heavy atom. The predicted molar refractivity (Wildman–Crippen MR) is 22.7 cm³/mol. The maximum absolute atomic E-state index is 2.04. The lowest BCUT2D eigenvalue weighted by Crippen LogP contribution is -1.25. The summed E-state index contributed by atoms with van der Waals surface area (Å²) in [5, 5.41) is 0. The maximum atomic E-state index is 2.04. The molecular weight excluding hydrogens is 68.1 g/mol. The zero-order valence-corrected chi connectivity index (χ0v) is 3.72. The minimum absolute atomic E-state index is 0. The van der Waals surface area contributed by atoms with Gasteiger partial charge in [0.15, 0.2) is 0 Å². The summed E-state index contributed by atoms with van der Waals surface area (Å²) in [4.78, 5) is 0. The molecule has 0 aromatic heterocycles. The van der Waals surface area contributed by atoms with Gasteiger partial charge in [0.25, 0.3) is 0 Å². The highest BCUT2D eigenvalue weighted by Crippen LogP contribution is 1.70. The van der Waals surface area contributed by atoms with E-state index in [0.717, 1.165) is 0 Å². The highest BCUT2D eigenvalue weighted by molar-refractivity contribution is 7.97. The van der Waals surface area contributed by atoms with E-state index < -0.39 is 0 Å². The van der Waals surface area contributed by atoms with Crippen LogP contribution >= 0.6 is 11.8 Å². The Hall–Kier alpha value is 0.350. The molecule has 0 aliphatic rings. The van der Waals surface area contributed by atoms with Crippen LogP contribution in [0.5, 0.6) is 0 Å². The van der Waals surface area contributed by atoms with Gasteiger partial charge in [0, 0.05) is 7.43 Å². The minimum atomic E-state index is 0. The first-order valence-corrected chi connectivity index (χ1v) is 2.45. The van der Waals surface area contributed by atoms with Crippen LogP contribution in [-0.4, -0.2) is 12.5 Å². The van der Waals surface area contributed by atoms with Crippen molar-refractivity contribution in [2.75, 3.05) is 12.5 Å². The Labute approximate surface area is 32.6 Å². The maximum Gasteiger partial charge on any atom is 0 e. The topological polar surface area (TPSA) is 0 Å². The summed E-state index contributed by atoms with van der Waals surface area (Å²) >= 11 is 1.75. The summed E-state index contributed by atoms with van der Waals surface area (Å²) in [6, 6.07) is 0. The molecule has 0 unspecified atom stereocenters. The molecule has 0 heterocycles. The van der Waals surface area contributed by atoms with Crippen LogP contribution in [0.2, 0.25) is 0 Å². The number of hydrogen-bond acceptors (Lipinski definition) is 1. The van der Waals surface area contributed by atoms with Gasteiger partial charge in [-0.3, -0.25) is 0 Å². The van der Waals surface area contributed by atoms with Gasteiger partial charge >= 0.3 is 0 Å². The van der Waals surface area contributed by atoms with E-state index in [9.17, 15) is 0 Å². The third-order valence-electron chi connectivity index (χ3n) is 0. The molecule has 0 aromatic carbocycles. The quantitative estimate of drug-likeness (QED) is 0.414. The molecule has 0 N–H and O–H groups in total. The molecule has 4 heavy (non-hydrogen) atoms. The molecule has 0 rings (SSSR count). The van der Waals surface area contributed by atoms with E-state index in [2.05, 4.69) is 0 Å². The zero-order valence-electron chi connectivity index (χ0n) is 2.91. The van der Waals surface area contributed by atoms with Crippen LogP contribution in [0.3, 0.4) is 0 Å². The molecular formula is C3H6S. The Morgan fingerprint density at radius 1 is 1.25 bits per heavy atom. The van der Waals surface area contributed by atoms with Gasteiger partial charge in [-0.15, -0.1) is 0 Å². The van der Waals surface area contributed by atoms with E-state index in [4.69, 9.17) is 0 Å². The second kappa shape index (κ2) is 10.2. The van der Waals surface area contributed by atoms with Crippen molar-refractivity contribution >= 4 is 11.8 Å². The van der Waals surface area contributed by atoms with E-state index in [0.29, 0.717) is 0 Å². The Bertz CT molecular complexity index is 3.25. The van der Waals surface area contributed by atoms with E-state index in [1.165, 1.54) is 0 Å². The van der Waals surface area contributed by atoms with E-state index in [1.54, 1.807) is 11.8 Å². The summed E-state index contributed by atoms with van der Waals surface area (Å²) in [6.45, 7) is 0. The number of thioether (sulfide) groups is 1. The predicted octanol–water partition coefficient (Wildman–Crippen LogP) is 1.06. The molecule has 0 fully saturated rings. The Balaban J connectivity index is 0. The molecule has 1 heteroatoms. The van der Waals surface area contributed by atoms with Crippen LogP contribution in [0.4, 0.5) is 0 Å². The van der Waals surface area contributed by atoms with Crippen LogP contribution in [0.1, 0.15) is 0 Å². The van der Waals surface area contributed by atoms with Crippen molar-refractivity contribution < 1.29 is 0 Å². The van der Waals surface area contributed by atoms with Gasteiger partial charge in [0.1, 0.15) is 0 Å². The van der Waals surface area contributed by atoms with Gasteiger partial charge in [-0.2, -0.15) is 11.8 Å². The lowest BCUT2D eigenvalue weighted by molar-refractivity contribution is 2.37. The molecule has 0 saturated carbocycles. The summed E-state index contributed by atoms with van der Waals surface area (Å²) in [7, 11) is 0. The highest BCUT2D eigenvalue weighted by atomic mass is 32.2. The lowest BCUT2D eigenvalue weighted by Gasteiger charge is -1.51. The van der Waals surface area contributed by atoms with E-state index in [-0.39, 0.29) is 7.43 Å². The fourth-order valence-corrected chi connectivity index (χ4v) is 0. The fraction of sp³-hybridized carbons (Fsp3) is 0.667. The molecule has 0 nitrogen and oxygen atoms in total. The average molecular weight is 74.1 g/mol. The van der Waals surface area contributed by atoms with Crippen molar-refractivity contribution in [1.29, 1.82) is 0 Å². The summed E-state index contributed by atoms with van der Waals surface area (Å²) in [5.41, 5.74) is 0. The Kier molecular flexibility index (Phi) is 22.4. The van der Waals surface area contributed by atoms with Crippen molar-refractivity contribution in [3.63, 3.8) is 0 Å². The average Bonchev–Trinajstić information content (AvgIpc) is 0.918. The van der Waals surface area contributed by atoms with Gasteiger partial charge in [0.2, 0.25) is 0 Å². The van der Waals surface area contributed by atoms with Crippen LogP contribution in [0.15, 0.2) is 0 Å². The molecule has 0 atom stereocenters. The molecule has 0 bridgehead atoms. The van der Waals surface area contributed by atoms with E-state index >= 15 is 0 Å². The summed E-state index contributed by atoms with van der Waals surface area (Å²) in [6.07, 6.45) is 4.08. The van der Waals surface area contributed by atoms with Crippen molar-refractivity contribution in [3.05, 3.63) is 7.43 Å². The summed E-state index contributed by atoms with van der Waals surface area (Å²) < 4.78 is 0. The van der Waals surface area contributed by atoms with Crippen LogP contribution in [0.25, 0.3) is 0 Å². The smallest absolute Gasteiger partial charge is 0 e. The Morgan fingerprint density at radius 3 is 1.25 bits per heavy atom. The monoisotopic (exact) mass is 74.0 g/mol. The molecule has 0 aliphatic carbocycles. The minimum Gasteiger partial charge on any atom is -0.169 e. The second-order valence-electron chi connectivity index (χ2n) is 0.408. The zero-order chi connectivity index (χ0) is 2.71. The SMILES string of the molecule is CSC.[C]. The molecule has 0 aliphatic heterocycles. The van der Waals surface area contributed by atoms with Gasteiger partial charge < -0.3 is 0 Å². The van der Waals surface area contributed by atoms with E-state index in [1.807, 2.05) is 12.5 Å². The van der Waals surface area contributed by atoms with Gasteiger partial charge in [-0.1, -0.05) is 0 Å². The third-order valence-corrected chi connectivity index (χ3v) is 0. The highest BCUT2D eigenvalue weighted by Gasteiger charge is 1.32. The number of rotatable bonds is 0. The lowest BCUT2D eigenvalue weighted by atomic mass is 11.9. The third kappa shape index (κ3) is 35.0. The molecule has 0 aromatic rings. The molecule has 4 radical (unpaired) electrons.